The lowest BCUT2D eigenvalue weighted by atomic mass is 10.0. The molecule has 118 valence electrons. The molecule has 2 aromatic heterocycles. The second-order valence-corrected chi connectivity index (χ2v) is 5.76. The van der Waals surface area contributed by atoms with E-state index < -0.39 is 0 Å². The Balaban J connectivity index is 1.83. The summed E-state index contributed by atoms with van der Waals surface area (Å²) in [5, 5.41) is 1.07. The molecule has 0 bridgehead atoms. The lowest BCUT2D eigenvalue weighted by Crippen LogP contribution is -1.91. The van der Waals surface area contributed by atoms with Gasteiger partial charge in [-0.15, -0.1) is 0 Å². The van der Waals surface area contributed by atoms with E-state index in [0.717, 1.165) is 28.8 Å². The van der Waals surface area contributed by atoms with E-state index in [1.807, 2.05) is 18.2 Å². The summed E-state index contributed by atoms with van der Waals surface area (Å²) < 4.78 is 6.01. The van der Waals surface area contributed by atoms with Crippen LogP contribution in [-0.4, -0.2) is 9.97 Å². The van der Waals surface area contributed by atoms with Crippen LogP contribution >= 0.6 is 0 Å². The number of aryl methyl sites for hydroxylation is 1. The van der Waals surface area contributed by atoms with E-state index in [1.54, 1.807) is 18.6 Å². The average Bonchev–Trinajstić information content (AvgIpc) is 2.60. The third kappa shape index (κ3) is 4.07. The Labute approximate surface area is 137 Å². The van der Waals surface area contributed by atoms with E-state index in [4.69, 9.17) is 4.74 Å². The van der Waals surface area contributed by atoms with Crippen molar-refractivity contribution < 1.29 is 4.74 Å². The molecule has 3 aromatic rings. The van der Waals surface area contributed by atoms with Crippen LogP contribution in [0.15, 0.2) is 55.0 Å². The Bertz CT molecular complexity index is 756. The lowest BCUT2D eigenvalue weighted by Gasteiger charge is -2.10. The topological polar surface area (TPSA) is 35.0 Å². The van der Waals surface area contributed by atoms with Gasteiger partial charge in [-0.2, -0.15) is 0 Å². The second kappa shape index (κ2) is 7.73. The van der Waals surface area contributed by atoms with Gasteiger partial charge in [-0.25, -0.2) is 0 Å². The molecular formula is C20H22N2O. The van der Waals surface area contributed by atoms with Crippen molar-refractivity contribution in [1.82, 2.24) is 9.97 Å². The molecule has 23 heavy (non-hydrogen) atoms. The van der Waals surface area contributed by atoms with Gasteiger partial charge < -0.3 is 4.74 Å². The molecule has 1 aromatic carbocycles. The number of pyridine rings is 2. The summed E-state index contributed by atoms with van der Waals surface area (Å²) in [5.41, 5.74) is 2.31. The molecule has 2 heterocycles. The maximum atomic E-state index is 6.01. The molecule has 0 unspecified atom stereocenters. The summed E-state index contributed by atoms with van der Waals surface area (Å²) in [5.74, 6) is 1.64. The molecule has 0 aliphatic heterocycles. The molecular weight excluding hydrogens is 284 g/mol. The molecule has 0 N–H and O–H groups in total. The number of hydrogen-bond donors (Lipinski definition) is 0. The Morgan fingerprint density at radius 1 is 0.913 bits per heavy atom. The van der Waals surface area contributed by atoms with Gasteiger partial charge in [-0.05, 0) is 48.7 Å². The highest BCUT2D eigenvalue weighted by atomic mass is 16.5. The normalized spacial score (nSPS) is 10.8. The second-order valence-electron chi connectivity index (χ2n) is 5.76. The zero-order chi connectivity index (χ0) is 15.9. The minimum absolute atomic E-state index is 0.792. The number of nitrogens with zero attached hydrogens (tertiary/aromatic N) is 2. The van der Waals surface area contributed by atoms with Crippen LogP contribution in [0.4, 0.5) is 0 Å². The van der Waals surface area contributed by atoms with Crippen molar-refractivity contribution in [2.45, 2.75) is 39.0 Å². The van der Waals surface area contributed by atoms with Gasteiger partial charge in [0.2, 0.25) is 0 Å². The first-order valence-electron chi connectivity index (χ1n) is 8.32. The van der Waals surface area contributed by atoms with Crippen LogP contribution in [0.2, 0.25) is 0 Å². The first-order valence-corrected chi connectivity index (χ1v) is 8.32. The fourth-order valence-electron chi connectivity index (χ4n) is 2.70. The first-order chi connectivity index (χ1) is 11.4. The number of hydrogen-bond acceptors (Lipinski definition) is 3. The van der Waals surface area contributed by atoms with Gasteiger partial charge in [0.25, 0.3) is 0 Å². The number of ether oxygens (including phenoxy) is 1. The predicted octanol–water partition coefficient (Wildman–Crippen LogP) is 5.54. The SMILES string of the molecule is CCCCCCc1ccc2nccc(Oc3ccncc3)c2c1. The van der Waals surface area contributed by atoms with Gasteiger partial charge in [0.1, 0.15) is 11.5 Å². The number of unbranched alkanes of at least 4 members (excludes halogenated alkanes) is 3. The number of fused-ring (bicyclic) bond motifs is 1. The summed E-state index contributed by atoms with van der Waals surface area (Å²) in [6, 6.07) is 12.1. The average molecular weight is 306 g/mol. The first kappa shape index (κ1) is 15.5. The van der Waals surface area contributed by atoms with Crippen molar-refractivity contribution in [3.63, 3.8) is 0 Å². The van der Waals surface area contributed by atoms with Gasteiger partial charge in [0.05, 0.1) is 5.52 Å². The maximum absolute atomic E-state index is 6.01. The Kier molecular flexibility index (Phi) is 5.20. The molecule has 0 amide bonds. The van der Waals surface area contributed by atoms with Gasteiger partial charge in [0.15, 0.2) is 0 Å². The number of benzene rings is 1. The number of rotatable bonds is 7. The molecule has 0 saturated carbocycles. The summed E-state index contributed by atoms with van der Waals surface area (Å²) in [6.45, 7) is 2.24. The molecule has 3 rings (SSSR count). The standard InChI is InChI=1S/C20H22N2O/c1-2-3-4-5-6-16-7-8-19-18(15-16)20(11-14-22-19)23-17-9-12-21-13-10-17/h7-15H,2-6H2,1H3. The fourth-order valence-corrected chi connectivity index (χ4v) is 2.70. The van der Waals surface area contributed by atoms with Crippen molar-refractivity contribution in [1.29, 1.82) is 0 Å². The number of aromatic nitrogens is 2. The molecule has 0 aliphatic rings. The summed E-state index contributed by atoms with van der Waals surface area (Å²) in [7, 11) is 0. The van der Waals surface area contributed by atoms with Crippen LogP contribution in [0.3, 0.4) is 0 Å². The minimum atomic E-state index is 0.792. The molecule has 3 nitrogen and oxygen atoms in total. The van der Waals surface area contributed by atoms with Crippen molar-refractivity contribution in [2.75, 3.05) is 0 Å². The third-order valence-electron chi connectivity index (χ3n) is 3.96. The Morgan fingerprint density at radius 3 is 2.61 bits per heavy atom. The van der Waals surface area contributed by atoms with Crippen LogP contribution in [-0.2, 0) is 6.42 Å². The summed E-state index contributed by atoms with van der Waals surface area (Å²) >= 11 is 0. The monoisotopic (exact) mass is 306 g/mol. The summed E-state index contributed by atoms with van der Waals surface area (Å²) in [4.78, 5) is 8.46. The van der Waals surface area contributed by atoms with Gasteiger partial charge in [-0.1, -0.05) is 32.3 Å². The van der Waals surface area contributed by atoms with E-state index in [2.05, 4.69) is 35.1 Å². The largest absolute Gasteiger partial charge is 0.456 e. The van der Waals surface area contributed by atoms with E-state index in [1.165, 1.54) is 31.2 Å². The van der Waals surface area contributed by atoms with Crippen molar-refractivity contribution in [3.05, 3.63) is 60.6 Å². The molecule has 0 spiro atoms. The predicted molar refractivity (Wildman–Crippen MR) is 93.9 cm³/mol. The molecule has 0 saturated heterocycles. The van der Waals surface area contributed by atoms with Gasteiger partial charge in [-0.3, -0.25) is 9.97 Å². The van der Waals surface area contributed by atoms with Crippen LogP contribution in [0.5, 0.6) is 11.5 Å². The van der Waals surface area contributed by atoms with Crippen LogP contribution in [0.25, 0.3) is 10.9 Å². The maximum Gasteiger partial charge on any atom is 0.138 e. The van der Waals surface area contributed by atoms with E-state index >= 15 is 0 Å². The fraction of sp³-hybridized carbons (Fsp3) is 0.300. The lowest BCUT2D eigenvalue weighted by molar-refractivity contribution is 0.487. The molecule has 0 atom stereocenters. The zero-order valence-corrected chi connectivity index (χ0v) is 13.5. The van der Waals surface area contributed by atoms with E-state index in [0.29, 0.717) is 0 Å². The highest BCUT2D eigenvalue weighted by Gasteiger charge is 2.06. The van der Waals surface area contributed by atoms with Crippen molar-refractivity contribution in [2.24, 2.45) is 0 Å². The summed E-state index contributed by atoms with van der Waals surface area (Å²) in [6.07, 6.45) is 11.5. The van der Waals surface area contributed by atoms with E-state index in [-0.39, 0.29) is 0 Å². The zero-order valence-electron chi connectivity index (χ0n) is 13.5. The van der Waals surface area contributed by atoms with Crippen LogP contribution in [0.1, 0.15) is 38.2 Å². The highest BCUT2D eigenvalue weighted by Crippen LogP contribution is 2.29. The molecule has 0 aliphatic carbocycles. The molecule has 3 heteroatoms. The smallest absolute Gasteiger partial charge is 0.138 e. The van der Waals surface area contributed by atoms with Gasteiger partial charge in [0, 0.05) is 24.0 Å². The molecule has 0 fully saturated rings. The van der Waals surface area contributed by atoms with E-state index in [9.17, 15) is 0 Å². The Morgan fingerprint density at radius 2 is 1.78 bits per heavy atom. The van der Waals surface area contributed by atoms with Crippen molar-refractivity contribution in [3.8, 4) is 11.5 Å². The van der Waals surface area contributed by atoms with Gasteiger partial charge >= 0.3 is 0 Å². The molecule has 0 radical (unpaired) electrons. The van der Waals surface area contributed by atoms with Crippen LogP contribution in [0, 0.1) is 0 Å². The van der Waals surface area contributed by atoms with Crippen molar-refractivity contribution >= 4 is 10.9 Å². The highest BCUT2D eigenvalue weighted by molar-refractivity contribution is 5.85. The third-order valence-corrected chi connectivity index (χ3v) is 3.96. The minimum Gasteiger partial charge on any atom is -0.456 e. The quantitative estimate of drug-likeness (QED) is 0.537. The van der Waals surface area contributed by atoms with Crippen LogP contribution < -0.4 is 4.74 Å². The Hall–Kier alpha value is -2.42.